The van der Waals surface area contributed by atoms with Gasteiger partial charge in [0, 0.05) is 18.5 Å². The summed E-state index contributed by atoms with van der Waals surface area (Å²) < 4.78 is 0. The Morgan fingerprint density at radius 2 is 1.42 bits per heavy atom. The largest absolute Gasteiger partial charge is 0.350 e. The Kier molecular flexibility index (Phi) is 7.00. The first-order chi connectivity index (χ1) is 15.0. The predicted molar refractivity (Wildman–Crippen MR) is 122 cm³/mol. The van der Waals surface area contributed by atoms with Crippen LogP contribution in [0, 0.1) is 23.2 Å². The third-order valence-electron chi connectivity index (χ3n) is 8.11. The molecule has 0 spiro atoms. The number of benzene rings is 1. The average molecular weight is 427 g/mol. The van der Waals surface area contributed by atoms with E-state index in [1.54, 1.807) is 4.90 Å². The molecular formula is C26H40N3O2+. The number of carbonyl (C=O) groups is 2. The van der Waals surface area contributed by atoms with Crippen molar-refractivity contribution < 1.29 is 14.5 Å². The lowest BCUT2D eigenvalue weighted by molar-refractivity contribution is -0.910. The van der Waals surface area contributed by atoms with Gasteiger partial charge in [0.05, 0.1) is 19.6 Å². The molecular weight excluding hydrogens is 386 g/mol. The molecule has 0 unspecified atom stereocenters. The Labute approximate surface area is 187 Å². The molecule has 4 bridgehead atoms. The fraction of sp³-hybridized carbons (Fsp3) is 0.692. The molecule has 0 aliphatic heterocycles. The molecule has 4 fully saturated rings. The van der Waals surface area contributed by atoms with E-state index in [4.69, 9.17) is 0 Å². The first kappa shape index (κ1) is 22.3. The highest BCUT2D eigenvalue weighted by Gasteiger charge is 2.51. The van der Waals surface area contributed by atoms with Crippen molar-refractivity contribution in [3.8, 4) is 0 Å². The van der Waals surface area contributed by atoms with Gasteiger partial charge in [0.1, 0.15) is 6.54 Å². The minimum Gasteiger partial charge on any atom is -0.350 e. The number of quaternary nitrogens is 1. The number of rotatable bonds is 10. The van der Waals surface area contributed by atoms with Crippen molar-refractivity contribution in [3.05, 3.63) is 35.4 Å². The highest BCUT2D eigenvalue weighted by Crippen LogP contribution is 2.61. The fourth-order valence-electron chi connectivity index (χ4n) is 6.92. The molecule has 4 saturated carbocycles. The first-order valence-corrected chi connectivity index (χ1v) is 12.4. The summed E-state index contributed by atoms with van der Waals surface area (Å²) in [6, 6.07) is 8.48. The molecule has 170 valence electrons. The molecule has 0 radical (unpaired) electrons. The van der Waals surface area contributed by atoms with E-state index in [1.807, 2.05) is 0 Å². The van der Waals surface area contributed by atoms with E-state index in [2.05, 4.69) is 48.7 Å². The smallest absolute Gasteiger partial charge is 0.239 e. The van der Waals surface area contributed by atoms with Crippen molar-refractivity contribution >= 4 is 11.8 Å². The van der Waals surface area contributed by atoms with Gasteiger partial charge in [-0.25, -0.2) is 0 Å². The van der Waals surface area contributed by atoms with Gasteiger partial charge < -0.3 is 15.5 Å². The van der Waals surface area contributed by atoms with Crippen LogP contribution >= 0.6 is 0 Å². The quantitative estimate of drug-likeness (QED) is 0.538. The Bertz CT molecular complexity index is 734. The van der Waals surface area contributed by atoms with Crippen LogP contribution in [0.3, 0.4) is 0 Å². The maximum absolute atomic E-state index is 12.6. The molecule has 5 rings (SSSR count). The molecule has 1 aromatic carbocycles. The zero-order valence-corrected chi connectivity index (χ0v) is 19.3. The van der Waals surface area contributed by atoms with Gasteiger partial charge in [-0.15, -0.1) is 0 Å². The number of amides is 2. The Hall–Kier alpha value is -1.88. The summed E-state index contributed by atoms with van der Waals surface area (Å²) in [7, 11) is 0. The van der Waals surface area contributed by atoms with E-state index in [1.165, 1.54) is 44.1 Å². The monoisotopic (exact) mass is 426 g/mol. The van der Waals surface area contributed by atoms with E-state index >= 15 is 0 Å². The summed E-state index contributed by atoms with van der Waals surface area (Å²) >= 11 is 0. The van der Waals surface area contributed by atoms with Gasteiger partial charge in [0.2, 0.25) is 11.8 Å². The second kappa shape index (κ2) is 9.72. The summed E-state index contributed by atoms with van der Waals surface area (Å²) in [5.41, 5.74) is 2.64. The minimum atomic E-state index is -0.115. The van der Waals surface area contributed by atoms with Crippen LogP contribution in [0.15, 0.2) is 24.3 Å². The topological polar surface area (TPSA) is 62.6 Å². The summed E-state index contributed by atoms with van der Waals surface area (Å²) in [4.78, 5) is 26.4. The minimum absolute atomic E-state index is 0.0559. The summed E-state index contributed by atoms with van der Waals surface area (Å²) in [6.07, 6.45) is 8.46. The maximum atomic E-state index is 12.6. The van der Waals surface area contributed by atoms with Crippen molar-refractivity contribution in [3.63, 3.8) is 0 Å². The van der Waals surface area contributed by atoms with Gasteiger partial charge >= 0.3 is 0 Å². The zero-order valence-electron chi connectivity index (χ0n) is 19.3. The number of hydrogen-bond donors (Lipinski definition) is 3. The molecule has 4 aliphatic rings. The van der Waals surface area contributed by atoms with Crippen LogP contribution in [0.1, 0.15) is 69.9 Å². The molecule has 0 atom stereocenters. The number of carbonyl (C=O) groups excluding carboxylic acids is 2. The molecule has 3 N–H and O–H groups in total. The molecule has 0 saturated heterocycles. The Morgan fingerprint density at radius 3 is 1.97 bits per heavy atom. The Balaban J connectivity index is 1.17. The summed E-state index contributed by atoms with van der Waals surface area (Å²) in [6.45, 7) is 8.30. The lowest BCUT2D eigenvalue weighted by atomic mass is 9.49. The molecule has 5 heteroatoms. The lowest BCUT2D eigenvalue weighted by Gasteiger charge is -2.56. The second-order valence-electron chi connectivity index (χ2n) is 10.6. The van der Waals surface area contributed by atoms with Crippen molar-refractivity contribution in [2.24, 2.45) is 23.2 Å². The van der Waals surface area contributed by atoms with Gasteiger partial charge in [-0.3, -0.25) is 9.59 Å². The third-order valence-corrected chi connectivity index (χ3v) is 8.11. The van der Waals surface area contributed by atoms with Crippen LogP contribution in [-0.2, 0) is 22.7 Å². The van der Waals surface area contributed by atoms with Crippen LogP contribution in [0.25, 0.3) is 0 Å². The van der Waals surface area contributed by atoms with E-state index in [0.717, 1.165) is 43.0 Å². The molecule has 31 heavy (non-hydrogen) atoms. The van der Waals surface area contributed by atoms with E-state index < -0.39 is 0 Å². The maximum Gasteiger partial charge on any atom is 0.239 e. The molecule has 5 nitrogen and oxygen atoms in total. The van der Waals surface area contributed by atoms with Gasteiger partial charge in [-0.05, 0) is 81.1 Å². The van der Waals surface area contributed by atoms with Crippen molar-refractivity contribution in [2.45, 2.75) is 71.9 Å². The molecule has 4 aliphatic carbocycles. The average Bonchev–Trinajstić information content (AvgIpc) is 2.74. The van der Waals surface area contributed by atoms with Crippen LogP contribution in [0.2, 0.25) is 0 Å². The molecule has 1 aromatic rings. The molecule has 2 amide bonds. The molecule has 0 heterocycles. The van der Waals surface area contributed by atoms with E-state index in [-0.39, 0.29) is 23.8 Å². The number of nitrogens with one attached hydrogen (secondary N) is 3. The Morgan fingerprint density at radius 1 is 0.871 bits per heavy atom. The number of hydrogen-bond acceptors (Lipinski definition) is 2. The van der Waals surface area contributed by atoms with Gasteiger partial charge in [-0.1, -0.05) is 24.3 Å². The SMILES string of the molecule is CC[NH+](CC)Cc1ccc(CNC(=O)CNC(=O)CC23CC4CC(CC(C4)C2)C3)cc1. The van der Waals surface area contributed by atoms with Gasteiger partial charge in [0.15, 0.2) is 0 Å². The fourth-order valence-corrected chi connectivity index (χ4v) is 6.92. The van der Waals surface area contributed by atoms with E-state index in [9.17, 15) is 9.59 Å². The summed E-state index contributed by atoms with van der Waals surface area (Å²) in [5, 5.41) is 5.82. The normalized spacial score (nSPS) is 28.7. The summed E-state index contributed by atoms with van der Waals surface area (Å²) in [5.74, 6) is 2.49. The van der Waals surface area contributed by atoms with Crippen LogP contribution in [-0.4, -0.2) is 31.4 Å². The standard InChI is InChI=1S/C26H39N3O2/c1-3-29(4-2)18-20-7-5-19(6-8-20)16-27-25(31)17-28-24(30)15-26-12-21-9-22(13-26)11-23(10-21)14-26/h5-8,21-23H,3-4,9-18H2,1-2H3,(H,27,31)(H,28,30)/p+1. The van der Waals surface area contributed by atoms with Crippen LogP contribution in [0.5, 0.6) is 0 Å². The van der Waals surface area contributed by atoms with Crippen molar-refractivity contribution in [1.82, 2.24) is 10.6 Å². The van der Waals surface area contributed by atoms with Crippen LogP contribution in [0.4, 0.5) is 0 Å². The highest BCUT2D eigenvalue weighted by atomic mass is 16.2. The lowest BCUT2D eigenvalue weighted by Crippen LogP contribution is -3.10. The molecule has 0 aromatic heterocycles. The zero-order chi connectivity index (χ0) is 21.8. The van der Waals surface area contributed by atoms with E-state index in [0.29, 0.717) is 13.0 Å². The van der Waals surface area contributed by atoms with Gasteiger partial charge in [-0.2, -0.15) is 0 Å². The third kappa shape index (κ3) is 5.68. The second-order valence-corrected chi connectivity index (χ2v) is 10.6. The van der Waals surface area contributed by atoms with Crippen molar-refractivity contribution in [2.75, 3.05) is 19.6 Å². The first-order valence-electron chi connectivity index (χ1n) is 12.4. The van der Waals surface area contributed by atoms with Crippen LogP contribution < -0.4 is 15.5 Å². The predicted octanol–water partition coefficient (Wildman–Crippen LogP) is 2.45. The highest BCUT2D eigenvalue weighted by molar-refractivity contribution is 5.84. The van der Waals surface area contributed by atoms with Gasteiger partial charge in [0.25, 0.3) is 0 Å². The van der Waals surface area contributed by atoms with Crippen molar-refractivity contribution in [1.29, 1.82) is 0 Å².